The summed E-state index contributed by atoms with van der Waals surface area (Å²) in [4.78, 5) is 34.3. The van der Waals surface area contributed by atoms with E-state index >= 15 is 0 Å². The van der Waals surface area contributed by atoms with Crippen molar-refractivity contribution in [1.29, 1.82) is 5.26 Å². The van der Waals surface area contributed by atoms with E-state index in [1.807, 2.05) is 6.07 Å². The van der Waals surface area contributed by atoms with Gasteiger partial charge in [0.2, 0.25) is 0 Å². The molecule has 0 saturated carbocycles. The molecule has 0 spiro atoms. The third kappa shape index (κ3) is 5.07. The first-order valence-corrected chi connectivity index (χ1v) is 6.53. The summed E-state index contributed by atoms with van der Waals surface area (Å²) in [6.45, 7) is 1.70. The molecule has 0 bridgehead atoms. The van der Waals surface area contributed by atoms with Crippen LogP contribution in [-0.2, 0) is 9.59 Å². The minimum absolute atomic E-state index is 0.0473. The summed E-state index contributed by atoms with van der Waals surface area (Å²) in [6, 6.07) is 6.67. The molecule has 0 aromatic heterocycles. The summed E-state index contributed by atoms with van der Waals surface area (Å²) in [5.41, 5.74) is 0.678. The zero-order valence-electron chi connectivity index (χ0n) is 11.6. The van der Waals surface area contributed by atoms with Crippen molar-refractivity contribution in [3.05, 3.63) is 35.4 Å². The molecule has 0 heterocycles. The average Bonchev–Trinajstić information content (AvgIpc) is 2.50. The molecule has 1 amide bonds. The number of hydrogen-bond donors (Lipinski definition) is 2. The number of aliphatic carboxylic acids is 1. The number of hydrogen-bond acceptors (Lipinski definition) is 4. The van der Waals surface area contributed by atoms with Gasteiger partial charge in [-0.05, 0) is 30.7 Å². The van der Waals surface area contributed by atoms with E-state index in [9.17, 15) is 14.4 Å². The third-order valence-corrected chi connectivity index (χ3v) is 2.99. The average molecular weight is 288 g/mol. The number of nitriles is 1. The van der Waals surface area contributed by atoms with E-state index in [1.165, 1.54) is 24.3 Å². The van der Waals surface area contributed by atoms with Crippen molar-refractivity contribution in [3.8, 4) is 6.07 Å². The summed E-state index contributed by atoms with van der Waals surface area (Å²) in [6.07, 6.45) is 0.515. The normalized spacial score (nSPS) is 11.2. The zero-order valence-corrected chi connectivity index (χ0v) is 11.6. The molecule has 0 aliphatic heterocycles. The number of carboxylic acids is 1. The summed E-state index contributed by atoms with van der Waals surface area (Å²) >= 11 is 0. The number of carbonyl (C=O) groups is 3. The van der Waals surface area contributed by atoms with Gasteiger partial charge in [-0.25, -0.2) is 4.79 Å². The Morgan fingerprint density at radius 2 is 1.90 bits per heavy atom. The van der Waals surface area contributed by atoms with Gasteiger partial charge in [-0.15, -0.1) is 0 Å². The summed E-state index contributed by atoms with van der Waals surface area (Å²) in [5, 5.41) is 20.1. The quantitative estimate of drug-likeness (QED) is 0.790. The molecule has 1 aromatic carbocycles. The van der Waals surface area contributed by atoms with E-state index < -0.39 is 17.9 Å². The van der Waals surface area contributed by atoms with Crippen molar-refractivity contribution in [2.75, 3.05) is 0 Å². The van der Waals surface area contributed by atoms with Gasteiger partial charge >= 0.3 is 5.97 Å². The van der Waals surface area contributed by atoms with E-state index in [1.54, 1.807) is 6.92 Å². The molecule has 1 rings (SSSR count). The van der Waals surface area contributed by atoms with E-state index in [0.717, 1.165) is 0 Å². The Morgan fingerprint density at radius 3 is 2.38 bits per heavy atom. The van der Waals surface area contributed by atoms with Crippen LogP contribution in [0.5, 0.6) is 0 Å². The lowest BCUT2D eigenvalue weighted by atomic mass is 10.1. The Morgan fingerprint density at radius 1 is 1.29 bits per heavy atom. The Kier molecular flexibility index (Phi) is 6.08. The van der Waals surface area contributed by atoms with Crippen molar-refractivity contribution in [2.24, 2.45) is 0 Å². The maximum absolute atomic E-state index is 11.9. The summed E-state index contributed by atoms with van der Waals surface area (Å²) in [5.74, 6) is -1.77. The van der Waals surface area contributed by atoms with Gasteiger partial charge in [0.25, 0.3) is 5.91 Å². The molecule has 6 heteroatoms. The van der Waals surface area contributed by atoms with Gasteiger partial charge < -0.3 is 10.4 Å². The second kappa shape index (κ2) is 7.80. The van der Waals surface area contributed by atoms with Crippen LogP contribution in [0.2, 0.25) is 0 Å². The molecule has 0 aliphatic carbocycles. The van der Waals surface area contributed by atoms with Crippen LogP contribution in [-0.4, -0.2) is 28.8 Å². The van der Waals surface area contributed by atoms with Crippen molar-refractivity contribution < 1.29 is 19.5 Å². The maximum atomic E-state index is 11.9. The van der Waals surface area contributed by atoms with Crippen LogP contribution in [0.1, 0.15) is 42.1 Å². The smallest absolute Gasteiger partial charge is 0.326 e. The first-order valence-electron chi connectivity index (χ1n) is 6.53. The number of nitrogens with one attached hydrogen (secondary N) is 1. The lowest BCUT2D eigenvalue weighted by molar-refractivity contribution is -0.139. The lowest BCUT2D eigenvalue weighted by Crippen LogP contribution is -2.41. The Hall–Kier alpha value is -2.68. The predicted molar refractivity (Wildman–Crippen MR) is 74.6 cm³/mol. The molecule has 1 aromatic rings. The molecule has 0 fully saturated rings. The second-order valence-electron chi connectivity index (χ2n) is 4.48. The van der Waals surface area contributed by atoms with E-state index in [2.05, 4.69) is 5.32 Å². The Labute approximate surface area is 122 Å². The molecule has 110 valence electrons. The summed E-state index contributed by atoms with van der Waals surface area (Å²) in [7, 11) is 0. The first-order chi connectivity index (χ1) is 9.97. The molecule has 0 unspecified atom stereocenters. The molecule has 0 aliphatic rings. The molecular weight excluding hydrogens is 272 g/mol. The number of ketones is 1. The number of rotatable bonds is 7. The largest absolute Gasteiger partial charge is 0.480 e. The third-order valence-electron chi connectivity index (χ3n) is 2.99. The number of carbonyl (C=O) groups excluding carboxylic acids is 2. The van der Waals surface area contributed by atoms with Crippen LogP contribution in [0.25, 0.3) is 0 Å². The molecule has 2 N–H and O–H groups in total. The highest BCUT2D eigenvalue weighted by atomic mass is 16.4. The molecule has 21 heavy (non-hydrogen) atoms. The number of amides is 1. The molecule has 1 atom stereocenters. The van der Waals surface area contributed by atoms with Crippen LogP contribution >= 0.6 is 0 Å². The van der Waals surface area contributed by atoms with Crippen LogP contribution in [0.15, 0.2) is 24.3 Å². The Bertz CT molecular complexity index is 572. The topological polar surface area (TPSA) is 107 Å². The van der Waals surface area contributed by atoms with Gasteiger partial charge in [0.1, 0.15) is 11.8 Å². The molecule has 6 nitrogen and oxygen atoms in total. The standard InChI is InChI=1S/C15H16N2O4/c1-2-12(18)7-8-13(15(20)21)17-14(19)11-5-3-10(9-16)4-6-11/h3-6,13H,2,7-8H2,1H3,(H,17,19)(H,20,21)/t13-/m1/s1. The van der Waals surface area contributed by atoms with Crippen LogP contribution < -0.4 is 5.32 Å². The second-order valence-corrected chi connectivity index (χ2v) is 4.48. The highest BCUT2D eigenvalue weighted by molar-refractivity contribution is 5.96. The number of benzene rings is 1. The van der Waals surface area contributed by atoms with Crippen LogP contribution in [0.4, 0.5) is 0 Å². The van der Waals surface area contributed by atoms with Gasteiger partial charge in [-0.1, -0.05) is 6.92 Å². The fourth-order valence-corrected chi connectivity index (χ4v) is 1.68. The molecular formula is C15H16N2O4. The highest BCUT2D eigenvalue weighted by Gasteiger charge is 2.21. The lowest BCUT2D eigenvalue weighted by Gasteiger charge is -2.14. The van der Waals surface area contributed by atoms with E-state index in [-0.39, 0.29) is 24.2 Å². The fourth-order valence-electron chi connectivity index (χ4n) is 1.68. The van der Waals surface area contributed by atoms with E-state index in [0.29, 0.717) is 12.0 Å². The van der Waals surface area contributed by atoms with Crippen molar-refractivity contribution in [3.63, 3.8) is 0 Å². The van der Waals surface area contributed by atoms with Crippen LogP contribution in [0.3, 0.4) is 0 Å². The minimum atomic E-state index is -1.18. The zero-order chi connectivity index (χ0) is 15.8. The van der Waals surface area contributed by atoms with Crippen molar-refractivity contribution in [2.45, 2.75) is 32.2 Å². The van der Waals surface area contributed by atoms with Gasteiger partial charge in [0.05, 0.1) is 11.6 Å². The predicted octanol–water partition coefficient (Wildman–Crippen LogP) is 1.50. The highest BCUT2D eigenvalue weighted by Crippen LogP contribution is 2.06. The SMILES string of the molecule is CCC(=O)CC[C@@H](NC(=O)c1ccc(C#N)cc1)C(=O)O. The number of carboxylic acid groups (broad SMARTS) is 1. The van der Waals surface area contributed by atoms with Gasteiger partial charge in [-0.3, -0.25) is 9.59 Å². The monoisotopic (exact) mass is 288 g/mol. The van der Waals surface area contributed by atoms with Gasteiger partial charge in [0.15, 0.2) is 0 Å². The van der Waals surface area contributed by atoms with Crippen molar-refractivity contribution >= 4 is 17.7 Å². The first kappa shape index (κ1) is 16.4. The molecule has 0 radical (unpaired) electrons. The Balaban J connectivity index is 2.69. The van der Waals surface area contributed by atoms with Gasteiger partial charge in [-0.2, -0.15) is 5.26 Å². The molecule has 0 saturated heterocycles. The van der Waals surface area contributed by atoms with E-state index in [4.69, 9.17) is 10.4 Å². The van der Waals surface area contributed by atoms with Gasteiger partial charge in [0, 0.05) is 18.4 Å². The maximum Gasteiger partial charge on any atom is 0.326 e. The fraction of sp³-hybridized carbons (Fsp3) is 0.333. The number of Topliss-reactive ketones (excluding diaryl/α,β-unsaturated/α-hetero) is 1. The van der Waals surface area contributed by atoms with Crippen molar-refractivity contribution in [1.82, 2.24) is 5.32 Å². The minimum Gasteiger partial charge on any atom is -0.480 e. The van der Waals surface area contributed by atoms with Crippen LogP contribution in [0, 0.1) is 11.3 Å². The number of nitrogens with zero attached hydrogens (tertiary/aromatic N) is 1. The summed E-state index contributed by atoms with van der Waals surface area (Å²) < 4.78 is 0.